The molecule has 0 saturated carbocycles. The van der Waals surface area contributed by atoms with E-state index in [0.29, 0.717) is 12.5 Å². The SMILES string of the molecule is CC(CNCCc1ccc(C(C)C)cc1)C(=O)O. The normalized spacial score (nSPS) is 12.7. The summed E-state index contributed by atoms with van der Waals surface area (Å²) in [7, 11) is 0. The van der Waals surface area contributed by atoms with Crippen LogP contribution in [0.1, 0.15) is 37.8 Å². The molecule has 0 aliphatic carbocycles. The van der Waals surface area contributed by atoms with Crippen LogP contribution in [-0.2, 0) is 11.2 Å². The number of carboxylic acids is 1. The average Bonchev–Trinajstić information content (AvgIpc) is 2.34. The molecule has 0 aromatic heterocycles. The van der Waals surface area contributed by atoms with Gasteiger partial charge in [0, 0.05) is 6.54 Å². The molecular formula is C15H23NO2. The van der Waals surface area contributed by atoms with Gasteiger partial charge in [-0.1, -0.05) is 45.0 Å². The van der Waals surface area contributed by atoms with Crippen LogP contribution in [-0.4, -0.2) is 24.2 Å². The van der Waals surface area contributed by atoms with Crippen LogP contribution in [0.4, 0.5) is 0 Å². The minimum Gasteiger partial charge on any atom is -0.481 e. The fourth-order valence-corrected chi connectivity index (χ4v) is 1.71. The van der Waals surface area contributed by atoms with Crippen molar-refractivity contribution in [3.05, 3.63) is 35.4 Å². The van der Waals surface area contributed by atoms with Gasteiger partial charge in [-0.15, -0.1) is 0 Å². The van der Waals surface area contributed by atoms with Gasteiger partial charge >= 0.3 is 5.97 Å². The fraction of sp³-hybridized carbons (Fsp3) is 0.533. The lowest BCUT2D eigenvalue weighted by molar-refractivity contribution is -0.140. The van der Waals surface area contributed by atoms with Crippen molar-refractivity contribution >= 4 is 5.97 Å². The van der Waals surface area contributed by atoms with Gasteiger partial charge in [-0.3, -0.25) is 4.79 Å². The summed E-state index contributed by atoms with van der Waals surface area (Å²) in [4.78, 5) is 10.6. The van der Waals surface area contributed by atoms with Gasteiger partial charge < -0.3 is 10.4 Å². The molecule has 3 heteroatoms. The van der Waals surface area contributed by atoms with Crippen LogP contribution in [0.3, 0.4) is 0 Å². The third-order valence-electron chi connectivity index (χ3n) is 3.11. The number of hydrogen-bond acceptors (Lipinski definition) is 2. The van der Waals surface area contributed by atoms with Gasteiger partial charge in [0.1, 0.15) is 0 Å². The molecule has 0 aliphatic rings. The smallest absolute Gasteiger partial charge is 0.307 e. The Morgan fingerprint density at radius 1 is 1.22 bits per heavy atom. The molecule has 1 aromatic rings. The third-order valence-corrected chi connectivity index (χ3v) is 3.11. The summed E-state index contributed by atoms with van der Waals surface area (Å²) in [6, 6.07) is 8.63. The Bertz CT molecular complexity index is 371. The third kappa shape index (κ3) is 4.88. The first-order valence-corrected chi connectivity index (χ1v) is 6.53. The number of hydrogen-bond donors (Lipinski definition) is 2. The van der Waals surface area contributed by atoms with Gasteiger partial charge in [0.25, 0.3) is 0 Å². The highest BCUT2D eigenvalue weighted by molar-refractivity contribution is 5.69. The predicted octanol–water partition coefficient (Wildman–Crippen LogP) is 2.66. The lowest BCUT2D eigenvalue weighted by atomic mass is 10.0. The summed E-state index contributed by atoms with van der Waals surface area (Å²) in [5, 5.41) is 11.9. The lowest BCUT2D eigenvalue weighted by Crippen LogP contribution is -2.27. The van der Waals surface area contributed by atoms with Gasteiger partial charge in [-0.05, 0) is 30.0 Å². The summed E-state index contributed by atoms with van der Waals surface area (Å²) in [5.41, 5.74) is 2.64. The first-order valence-electron chi connectivity index (χ1n) is 6.53. The molecule has 1 rings (SSSR count). The molecule has 0 bridgehead atoms. The van der Waals surface area contributed by atoms with Crippen LogP contribution >= 0.6 is 0 Å². The van der Waals surface area contributed by atoms with Crippen LogP contribution in [0.5, 0.6) is 0 Å². The van der Waals surface area contributed by atoms with Gasteiger partial charge in [0.05, 0.1) is 5.92 Å². The molecule has 0 amide bonds. The molecule has 2 N–H and O–H groups in total. The number of carbonyl (C=O) groups is 1. The second-order valence-corrected chi connectivity index (χ2v) is 5.09. The van der Waals surface area contributed by atoms with Crippen LogP contribution in [0.15, 0.2) is 24.3 Å². The van der Waals surface area contributed by atoms with Gasteiger partial charge in [-0.25, -0.2) is 0 Å². The number of nitrogens with one attached hydrogen (secondary N) is 1. The molecule has 1 unspecified atom stereocenters. The second kappa shape index (κ2) is 7.17. The first-order chi connectivity index (χ1) is 8.50. The van der Waals surface area contributed by atoms with Crippen molar-refractivity contribution in [1.82, 2.24) is 5.32 Å². The van der Waals surface area contributed by atoms with Crippen LogP contribution in [0.2, 0.25) is 0 Å². The molecule has 0 aliphatic heterocycles. The molecule has 0 saturated heterocycles. The molecule has 0 spiro atoms. The number of rotatable bonds is 7. The van der Waals surface area contributed by atoms with Gasteiger partial charge in [-0.2, -0.15) is 0 Å². The van der Waals surface area contributed by atoms with Crippen molar-refractivity contribution in [2.45, 2.75) is 33.1 Å². The fourth-order valence-electron chi connectivity index (χ4n) is 1.71. The van der Waals surface area contributed by atoms with E-state index < -0.39 is 5.97 Å². The Balaban J connectivity index is 2.29. The summed E-state index contributed by atoms with van der Waals surface area (Å²) < 4.78 is 0. The predicted molar refractivity (Wildman–Crippen MR) is 73.9 cm³/mol. The van der Waals surface area contributed by atoms with Gasteiger partial charge in [0.2, 0.25) is 0 Å². The average molecular weight is 249 g/mol. The molecule has 3 nitrogen and oxygen atoms in total. The van der Waals surface area contributed by atoms with Crippen molar-refractivity contribution in [1.29, 1.82) is 0 Å². The van der Waals surface area contributed by atoms with Crippen LogP contribution in [0, 0.1) is 5.92 Å². The standard InChI is InChI=1S/C15H23NO2/c1-11(2)14-6-4-13(5-7-14)8-9-16-10-12(3)15(17)18/h4-7,11-12,16H,8-10H2,1-3H3,(H,17,18). The van der Waals surface area contributed by atoms with Crippen molar-refractivity contribution in [2.75, 3.05) is 13.1 Å². The minimum atomic E-state index is -0.746. The van der Waals surface area contributed by atoms with Gasteiger partial charge in [0.15, 0.2) is 0 Å². The van der Waals surface area contributed by atoms with E-state index in [-0.39, 0.29) is 5.92 Å². The first kappa shape index (κ1) is 14.7. The molecule has 1 atom stereocenters. The highest BCUT2D eigenvalue weighted by Crippen LogP contribution is 2.14. The minimum absolute atomic E-state index is 0.326. The summed E-state index contributed by atoms with van der Waals surface area (Å²) >= 11 is 0. The van der Waals surface area contributed by atoms with E-state index in [4.69, 9.17) is 5.11 Å². The zero-order chi connectivity index (χ0) is 13.5. The largest absolute Gasteiger partial charge is 0.481 e. The second-order valence-electron chi connectivity index (χ2n) is 5.09. The Labute approximate surface area is 109 Å². The summed E-state index contributed by atoms with van der Waals surface area (Å²) in [5.74, 6) is -0.509. The summed E-state index contributed by atoms with van der Waals surface area (Å²) in [6.07, 6.45) is 0.935. The Kier molecular flexibility index (Phi) is 5.86. The Hall–Kier alpha value is -1.35. The number of aliphatic carboxylic acids is 1. The Morgan fingerprint density at radius 3 is 2.33 bits per heavy atom. The summed E-state index contributed by atoms with van der Waals surface area (Å²) in [6.45, 7) is 7.43. The topological polar surface area (TPSA) is 49.3 Å². The van der Waals surface area contributed by atoms with E-state index >= 15 is 0 Å². The van der Waals surface area contributed by atoms with Crippen LogP contribution < -0.4 is 5.32 Å². The van der Waals surface area contributed by atoms with Crippen molar-refractivity contribution < 1.29 is 9.90 Å². The zero-order valence-electron chi connectivity index (χ0n) is 11.4. The maximum absolute atomic E-state index is 10.6. The lowest BCUT2D eigenvalue weighted by Gasteiger charge is -2.09. The zero-order valence-corrected chi connectivity index (χ0v) is 11.4. The monoisotopic (exact) mass is 249 g/mol. The Morgan fingerprint density at radius 2 is 1.83 bits per heavy atom. The maximum Gasteiger partial charge on any atom is 0.307 e. The maximum atomic E-state index is 10.6. The van der Waals surface area contributed by atoms with Crippen molar-refractivity contribution in [3.8, 4) is 0 Å². The van der Waals surface area contributed by atoms with E-state index in [1.54, 1.807) is 6.92 Å². The highest BCUT2D eigenvalue weighted by atomic mass is 16.4. The molecule has 18 heavy (non-hydrogen) atoms. The molecule has 0 radical (unpaired) electrons. The van der Waals surface area contributed by atoms with E-state index in [2.05, 4.69) is 43.4 Å². The van der Waals surface area contributed by atoms with Crippen LogP contribution in [0.25, 0.3) is 0 Å². The quantitative estimate of drug-likeness (QED) is 0.730. The molecule has 0 heterocycles. The van der Waals surface area contributed by atoms with E-state index in [1.807, 2.05) is 0 Å². The van der Waals surface area contributed by atoms with Crippen molar-refractivity contribution in [3.63, 3.8) is 0 Å². The van der Waals surface area contributed by atoms with E-state index in [0.717, 1.165) is 13.0 Å². The molecule has 0 fully saturated rings. The number of benzene rings is 1. The van der Waals surface area contributed by atoms with E-state index in [1.165, 1.54) is 11.1 Å². The number of carboxylic acid groups (broad SMARTS) is 1. The van der Waals surface area contributed by atoms with E-state index in [9.17, 15) is 4.79 Å². The highest BCUT2D eigenvalue weighted by Gasteiger charge is 2.09. The van der Waals surface area contributed by atoms with Crippen molar-refractivity contribution in [2.24, 2.45) is 5.92 Å². The molecule has 100 valence electrons. The molecular weight excluding hydrogens is 226 g/mol. The molecule has 1 aromatic carbocycles.